The fourth-order valence-corrected chi connectivity index (χ4v) is 0.944. The number of rotatable bonds is 3. The standard InChI is InChI=1S/C9H12O3.CH2.Ru/c1-10-7-4-5-8(11-2)9(6-7)12-3;;/h4-6H,1-3H3;1H2;. The molecule has 0 aromatic heterocycles. The second-order valence-corrected chi connectivity index (χ2v) is 2.22. The van der Waals surface area contributed by atoms with Gasteiger partial charge in [0.25, 0.3) is 0 Å². The van der Waals surface area contributed by atoms with E-state index in [0.29, 0.717) is 11.5 Å². The molecule has 0 saturated heterocycles. The van der Waals surface area contributed by atoms with Gasteiger partial charge >= 0.3 is 23.0 Å². The summed E-state index contributed by atoms with van der Waals surface area (Å²) in [6, 6.07) is 5.40. The average Bonchev–Trinajstić information content (AvgIpc) is 2.30. The van der Waals surface area contributed by atoms with Gasteiger partial charge in [0.05, 0.1) is 21.3 Å². The predicted molar refractivity (Wildman–Crippen MR) is 53.2 cm³/mol. The van der Waals surface area contributed by atoms with Gasteiger partial charge in [0.15, 0.2) is 11.5 Å². The first-order valence-electron chi connectivity index (χ1n) is 3.83. The van der Waals surface area contributed by atoms with E-state index in [4.69, 9.17) is 14.2 Å². The van der Waals surface area contributed by atoms with E-state index in [9.17, 15) is 0 Å². The SMILES string of the molecule is COc1ccc(OC)c(OC)c1.[CH2]=[Ru]. The Morgan fingerprint density at radius 2 is 1.50 bits per heavy atom. The van der Waals surface area contributed by atoms with Crippen molar-refractivity contribution >= 4 is 5.11 Å². The van der Waals surface area contributed by atoms with Crippen LogP contribution in [0.5, 0.6) is 17.2 Å². The maximum atomic E-state index is 5.07. The van der Waals surface area contributed by atoms with Crippen LogP contribution in [0.25, 0.3) is 0 Å². The van der Waals surface area contributed by atoms with E-state index in [1.165, 1.54) is 0 Å². The number of methoxy groups -OCH3 is 3. The first-order valence-corrected chi connectivity index (χ1v) is 5.05. The van der Waals surface area contributed by atoms with Gasteiger partial charge in [0.1, 0.15) is 5.75 Å². The molecule has 0 N–H and O–H groups in total. The van der Waals surface area contributed by atoms with E-state index < -0.39 is 0 Å². The van der Waals surface area contributed by atoms with E-state index >= 15 is 0 Å². The molecule has 1 aromatic carbocycles. The summed E-state index contributed by atoms with van der Waals surface area (Å²) in [7, 11) is 4.81. The van der Waals surface area contributed by atoms with Gasteiger partial charge in [-0.25, -0.2) is 0 Å². The van der Waals surface area contributed by atoms with Crippen molar-refractivity contribution in [3.05, 3.63) is 18.2 Å². The van der Waals surface area contributed by atoms with Gasteiger partial charge in [-0.1, -0.05) is 0 Å². The van der Waals surface area contributed by atoms with E-state index in [1.807, 2.05) is 6.07 Å². The summed E-state index contributed by atoms with van der Waals surface area (Å²) in [5, 5.41) is 3.18. The minimum atomic E-state index is 0.678. The molecule has 0 aliphatic rings. The van der Waals surface area contributed by atoms with Crippen LogP contribution >= 0.6 is 0 Å². The normalized spacial score (nSPS) is 8.29. The Bertz CT molecular complexity index is 276. The predicted octanol–water partition coefficient (Wildman–Crippen LogP) is 1.68. The Morgan fingerprint density at radius 1 is 0.929 bits per heavy atom. The van der Waals surface area contributed by atoms with Crippen LogP contribution in [0.15, 0.2) is 18.2 Å². The fraction of sp³-hybridized carbons (Fsp3) is 0.300. The van der Waals surface area contributed by atoms with Gasteiger partial charge < -0.3 is 14.2 Å². The Labute approximate surface area is 94.2 Å². The second kappa shape index (κ2) is 7.51. The molecule has 0 aliphatic heterocycles. The molecule has 0 unspecified atom stereocenters. The zero-order valence-corrected chi connectivity index (χ0v) is 10.3. The molecule has 0 heterocycles. The molecular weight excluding hydrogens is 269 g/mol. The van der Waals surface area contributed by atoms with Crippen LogP contribution in [0.4, 0.5) is 0 Å². The average molecular weight is 283 g/mol. The topological polar surface area (TPSA) is 27.7 Å². The molecule has 0 atom stereocenters. The summed E-state index contributed by atoms with van der Waals surface area (Å²) in [5.41, 5.74) is 0. The van der Waals surface area contributed by atoms with Crippen molar-refractivity contribution in [2.45, 2.75) is 0 Å². The second-order valence-electron chi connectivity index (χ2n) is 2.22. The molecule has 0 saturated carbocycles. The molecule has 1 rings (SSSR count). The van der Waals surface area contributed by atoms with E-state index in [1.54, 1.807) is 33.5 Å². The number of hydrogen-bond donors (Lipinski definition) is 0. The van der Waals surface area contributed by atoms with Gasteiger partial charge in [0.2, 0.25) is 0 Å². The van der Waals surface area contributed by atoms with Crippen LogP contribution in [0.3, 0.4) is 0 Å². The van der Waals surface area contributed by atoms with Crippen LogP contribution in [0.1, 0.15) is 0 Å². The zero-order chi connectivity index (χ0) is 11.0. The van der Waals surface area contributed by atoms with Crippen molar-refractivity contribution in [2.75, 3.05) is 21.3 Å². The van der Waals surface area contributed by atoms with Crippen LogP contribution in [0.2, 0.25) is 0 Å². The third-order valence-corrected chi connectivity index (χ3v) is 1.59. The summed E-state index contributed by atoms with van der Waals surface area (Å²) in [6.45, 7) is 0. The first kappa shape index (κ1) is 13.1. The minimum absolute atomic E-state index is 0.678. The number of ether oxygens (including phenoxy) is 3. The monoisotopic (exact) mass is 284 g/mol. The summed E-state index contributed by atoms with van der Waals surface area (Å²) in [5.74, 6) is 2.14. The van der Waals surface area contributed by atoms with Gasteiger partial charge in [-0.2, -0.15) is 0 Å². The molecule has 1 aromatic rings. The Kier molecular flexibility index (Phi) is 7.04. The van der Waals surface area contributed by atoms with E-state index in [0.717, 1.165) is 5.75 Å². The van der Waals surface area contributed by atoms with E-state index in [-0.39, 0.29) is 0 Å². The van der Waals surface area contributed by atoms with Crippen molar-refractivity contribution in [1.29, 1.82) is 0 Å². The summed E-state index contributed by atoms with van der Waals surface area (Å²) in [6.07, 6.45) is 0. The number of benzene rings is 1. The molecule has 0 aliphatic carbocycles. The molecular formula is C10H14O3Ru. The Morgan fingerprint density at radius 3 is 1.93 bits per heavy atom. The first-order chi connectivity index (χ1) is 6.81. The molecule has 0 radical (unpaired) electrons. The molecule has 4 heteroatoms. The zero-order valence-electron chi connectivity index (χ0n) is 8.52. The third kappa shape index (κ3) is 3.46. The van der Waals surface area contributed by atoms with E-state index in [2.05, 4.69) is 23.0 Å². The number of hydrogen-bond acceptors (Lipinski definition) is 3. The van der Waals surface area contributed by atoms with Crippen molar-refractivity contribution in [2.24, 2.45) is 0 Å². The van der Waals surface area contributed by atoms with Crippen LogP contribution in [0, 0.1) is 0 Å². The fourth-order valence-electron chi connectivity index (χ4n) is 0.944. The van der Waals surface area contributed by atoms with Gasteiger partial charge in [-0.05, 0) is 12.1 Å². The van der Waals surface area contributed by atoms with Crippen molar-refractivity contribution in [1.82, 2.24) is 0 Å². The molecule has 0 spiro atoms. The van der Waals surface area contributed by atoms with Crippen LogP contribution in [-0.2, 0) is 17.9 Å². The summed E-state index contributed by atoms with van der Waals surface area (Å²) < 4.78 is 15.1. The quantitative estimate of drug-likeness (QED) is 0.790. The third-order valence-electron chi connectivity index (χ3n) is 1.59. The summed E-state index contributed by atoms with van der Waals surface area (Å²) >= 11 is 2.10. The van der Waals surface area contributed by atoms with Crippen LogP contribution in [-0.4, -0.2) is 26.4 Å². The molecule has 14 heavy (non-hydrogen) atoms. The van der Waals surface area contributed by atoms with Crippen molar-refractivity contribution in [3.8, 4) is 17.2 Å². The van der Waals surface area contributed by atoms with Gasteiger partial charge in [-0.15, -0.1) is 0 Å². The Hall–Kier alpha value is -0.887. The maximum absolute atomic E-state index is 5.07. The van der Waals surface area contributed by atoms with Crippen molar-refractivity contribution < 1.29 is 32.1 Å². The van der Waals surface area contributed by atoms with Gasteiger partial charge in [-0.3, -0.25) is 0 Å². The van der Waals surface area contributed by atoms with Gasteiger partial charge in [0, 0.05) is 6.07 Å². The Balaban J connectivity index is 0.000000791. The van der Waals surface area contributed by atoms with Crippen molar-refractivity contribution in [3.63, 3.8) is 0 Å². The van der Waals surface area contributed by atoms with Crippen LogP contribution < -0.4 is 14.2 Å². The summed E-state index contributed by atoms with van der Waals surface area (Å²) in [4.78, 5) is 0. The molecule has 0 amide bonds. The molecule has 3 nitrogen and oxygen atoms in total. The molecule has 0 fully saturated rings. The molecule has 80 valence electrons. The molecule has 0 bridgehead atoms.